The van der Waals surface area contributed by atoms with E-state index in [1.54, 1.807) is 0 Å². The van der Waals surface area contributed by atoms with Gasteiger partial charge in [-0.05, 0) is 0 Å². The first-order valence-corrected chi connectivity index (χ1v) is 3.59. The number of alkyl halides is 4. The highest BCUT2D eigenvalue weighted by molar-refractivity contribution is 4.72. The predicted octanol–water partition coefficient (Wildman–Crippen LogP) is 2.56. The summed E-state index contributed by atoms with van der Waals surface area (Å²) in [6, 6.07) is 0. The Bertz CT molecular complexity index is 123. The number of hydrogen-bond acceptors (Lipinski definition) is 1. The van der Waals surface area contributed by atoms with E-state index in [1.807, 2.05) is 0 Å². The highest BCUT2D eigenvalue weighted by Gasteiger charge is 2.41. The summed E-state index contributed by atoms with van der Waals surface area (Å²) < 4.78 is 52.3. The number of rotatable bonds is 4. The molecule has 0 saturated heterocycles. The van der Waals surface area contributed by atoms with Crippen LogP contribution < -0.4 is 0 Å². The van der Waals surface area contributed by atoms with E-state index in [0.717, 1.165) is 14.0 Å². The molecule has 5 heteroatoms. The molecular weight excluding hydrogens is 176 g/mol. The summed E-state index contributed by atoms with van der Waals surface area (Å²) in [5.41, 5.74) is 0. The quantitative estimate of drug-likeness (QED) is 0.616. The molecule has 0 radical (unpaired) electrons. The van der Waals surface area contributed by atoms with Crippen molar-refractivity contribution in [3.05, 3.63) is 0 Å². The maximum absolute atomic E-state index is 12.0. The topological polar surface area (TPSA) is 9.23 Å². The van der Waals surface area contributed by atoms with Crippen LogP contribution in [0.3, 0.4) is 0 Å². The van der Waals surface area contributed by atoms with Crippen LogP contribution in [0.1, 0.15) is 13.3 Å². The summed E-state index contributed by atoms with van der Waals surface area (Å²) in [6.07, 6.45) is -5.59. The van der Waals surface area contributed by atoms with Crippen LogP contribution in [0.15, 0.2) is 0 Å². The average Bonchev–Trinajstić information content (AvgIpc) is 1.97. The van der Waals surface area contributed by atoms with Crippen molar-refractivity contribution in [3.63, 3.8) is 0 Å². The van der Waals surface area contributed by atoms with E-state index in [2.05, 4.69) is 4.74 Å². The molecule has 0 aliphatic rings. The molecule has 0 fully saturated rings. The molecule has 2 atom stereocenters. The lowest BCUT2D eigenvalue weighted by atomic mass is 10.0. The van der Waals surface area contributed by atoms with Gasteiger partial charge in [-0.3, -0.25) is 4.39 Å². The van der Waals surface area contributed by atoms with Crippen LogP contribution in [-0.2, 0) is 4.74 Å². The number of halogens is 4. The van der Waals surface area contributed by atoms with Gasteiger partial charge in [0, 0.05) is 13.5 Å². The van der Waals surface area contributed by atoms with Gasteiger partial charge in [0.25, 0.3) is 0 Å². The van der Waals surface area contributed by atoms with Gasteiger partial charge in [0.2, 0.25) is 0 Å². The van der Waals surface area contributed by atoms with Crippen molar-refractivity contribution in [3.8, 4) is 0 Å². The first kappa shape index (κ1) is 11.7. The summed E-state index contributed by atoms with van der Waals surface area (Å²) >= 11 is 0. The van der Waals surface area contributed by atoms with E-state index in [9.17, 15) is 17.6 Å². The van der Waals surface area contributed by atoms with Crippen LogP contribution in [-0.4, -0.2) is 26.1 Å². The molecule has 0 saturated carbocycles. The molecule has 0 aromatic carbocycles. The second-order valence-corrected chi connectivity index (χ2v) is 2.58. The standard InChI is InChI=1S/C7H12F4O/c1-5(7(9,10)11)6(12-2)3-4-8/h5-6H,3-4H2,1-2H3. The second kappa shape index (κ2) is 4.64. The Kier molecular flexibility index (Phi) is 4.52. The molecule has 0 bridgehead atoms. The van der Waals surface area contributed by atoms with Gasteiger partial charge in [0.1, 0.15) is 0 Å². The van der Waals surface area contributed by atoms with Gasteiger partial charge < -0.3 is 4.74 Å². The molecule has 0 aliphatic heterocycles. The van der Waals surface area contributed by atoms with Crippen LogP contribution in [0.2, 0.25) is 0 Å². The summed E-state index contributed by atoms with van der Waals surface area (Å²) in [5.74, 6) is -1.61. The fraction of sp³-hybridized carbons (Fsp3) is 1.00. The highest BCUT2D eigenvalue weighted by Crippen LogP contribution is 2.30. The molecule has 2 unspecified atom stereocenters. The fourth-order valence-corrected chi connectivity index (χ4v) is 0.890. The number of ether oxygens (including phenoxy) is 1. The zero-order chi connectivity index (χ0) is 9.78. The van der Waals surface area contributed by atoms with Gasteiger partial charge in [0.05, 0.1) is 18.7 Å². The van der Waals surface area contributed by atoms with Crippen LogP contribution >= 0.6 is 0 Å². The first-order chi connectivity index (χ1) is 5.43. The van der Waals surface area contributed by atoms with Gasteiger partial charge in [-0.15, -0.1) is 0 Å². The Balaban J connectivity index is 4.11. The van der Waals surface area contributed by atoms with Crippen LogP contribution in [0.4, 0.5) is 17.6 Å². The number of hydrogen-bond donors (Lipinski definition) is 0. The molecule has 12 heavy (non-hydrogen) atoms. The van der Waals surface area contributed by atoms with E-state index in [4.69, 9.17) is 0 Å². The van der Waals surface area contributed by atoms with Gasteiger partial charge in [-0.1, -0.05) is 6.92 Å². The molecule has 0 aromatic heterocycles. The molecule has 0 aliphatic carbocycles. The maximum Gasteiger partial charge on any atom is 0.394 e. The van der Waals surface area contributed by atoms with Gasteiger partial charge >= 0.3 is 6.18 Å². The molecule has 0 rings (SSSR count). The van der Waals surface area contributed by atoms with Crippen LogP contribution in [0, 0.1) is 5.92 Å². The predicted molar refractivity (Wildman–Crippen MR) is 36.6 cm³/mol. The first-order valence-electron chi connectivity index (χ1n) is 3.59. The maximum atomic E-state index is 12.0. The monoisotopic (exact) mass is 188 g/mol. The second-order valence-electron chi connectivity index (χ2n) is 2.58. The summed E-state index contributed by atoms with van der Waals surface area (Å²) in [7, 11) is 1.16. The molecule has 0 heterocycles. The third-order valence-electron chi connectivity index (χ3n) is 1.77. The normalized spacial score (nSPS) is 17.5. The fourth-order valence-electron chi connectivity index (χ4n) is 0.890. The van der Waals surface area contributed by atoms with Crippen LogP contribution in [0.25, 0.3) is 0 Å². The summed E-state index contributed by atoms with van der Waals surface area (Å²) in [6.45, 7) is 0.197. The van der Waals surface area contributed by atoms with Crippen molar-refractivity contribution >= 4 is 0 Å². The summed E-state index contributed by atoms with van der Waals surface area (Å²) in [5, 5.41) is 0. The van der Waals surface area contributed by atoms with Gasteiger partial charge in [-0.2, -0.15) is 13.2 Å². The summed E-state index contributed by atoms with van der Waals surface area (Å²) in [4.78, 5) is 0. The van der Waals surface area contributed by atoms with Crippen LogP contribution in [0.5, 0.6) is 0 Å². The molecule has 0 N–H and O–H groups in total. The lowest BCUT2D eigenvalue weighted by Crippen LogP contribution is -2.33. The molecule has 1 nitrogen and oxygen atoms in total. The Hall–Kier alpha value is -0.320. The minimum atomic E-state index is -4.31. The minimum Gasteiger partial charge on any atom is -0.381 e. The Labute approximate surface area is 68.7 Å². The van der Waals surface area contributed by atoms with Crippen molar-refractivity contribution in [2.75, 3.05) is 13.8 Å². The van der Waals surface area contributed by atoms with Crippen molar-refractivity contribution < 1.29 is 22.3 Å². The SMILES string of the molecule is COC(CCF)C(C)C(F)(F)F. The van der Waals surface area contributed by atoms with Crippen molar-refractivity contribution in [2.45, 2.75) is 25.6 Å². The third-order valence-corrected chi connectivity index (χ3v) is 1.77. The van der Waals surface area contributed by atoms with E-state index >= 15 is 0 Å². The van der Waals surface area contributed by atoms with Gasteiger partial charge in [0.15, 0.2) is 0 Å². The van der Waals surface area contributed by atoms with E-state index < -0.39 is 24.9 Å². The van der Waals surface area contributed by atoms with Crippen molar-refractivity contribution in [1.82, 2.24) is 0 Å². The van der Waals surface area contributed by atoms with E-state index in [1.165, 1.54) is 0 Å². The lowest BCUT2D eigenvalue weighted by molar-refractivity contribution is -0.199. The molecular formula is C7H12F4O. The molecule has 0 aromatic rings. The molecule has 0 amide bonds. The zero-order valence-electron chi connectivity index (χ0n) is 6.99. The molecule has 74 valence electrons. The van der Waals surface area contributed by atoms with Gasteiger partial charge in [-0.25, -0.2) is 0 Å². The van der Waals surface area contributed by atoms with Crippen molar-refractivity contribution in [2.24, 2.45) is 5.92 Å². The van der Waals surface area contributed by atoms with E-state index in [-0.39, 0.29) is 6.42 Å². The Morgan fingerprint density at radius 1 is 1.33 bits per heavy atom. The Morgan fingerprint density at radius 2 is 1.83 bits per heavy atom. The number of methoxy groups -OCH3 is 1. The average molecular weight is 188 g/mol. The Morgan fingerprint density at radius 3 is 2.08 bits per heavy atom. The minimum absolute atomic E-state index is 0.211. The largest absolute Gasteiger partial charge is 0.394 e. The van der Waals surface area contributed by atoms with Crippen molar-refractivity contribution in [1.29, 1.82) is 0 Å². The van der Waals surface area contributed by atoms with E-state index in [0.29, 0.717) is 0 Å². The highest BCUT2D eigenvalue weighted by atomic mass is 19.4. The zero-order valence-corrected chi connectivity index (χ0v) is 6.99. The molecule has 0 spiro atoms. The smallest absolute Gasteiger partial charge is 0.381 e. The third kappa shape index (κ3) is 3.38. The lowest BCUT2D eigenvalue weighted by Gasteiger charge is -2.23.